The van der Waals surface area contributed by atoms with Crippen LogP contribution in [0.4, 0.5) is 18.9 Å². The summed E-state index contributed by atoms with van der Waals surface area (Å²) in [5.74, 6) is 0.751. The van der Waals surface area contributed by atoms with Crippen molar-refractivity contribution < 1.29 is 18.0 Å². The molecule has 1 amide bonds. The molecule has 164 valence electrons. The Morgan fingerprint density at radius 1 is 1.23 bits per heavy atom. The summed E-state index contributed by atoms with van der Waals surface area (Å²) in [5.41, 5.74) is 3.64. The Labute approximate surface area is 185 Å². The lowest BCUT2D eigenvalue weighted by Crippen LogP contribution is -2.14. The highest BCUT2D eigenvalue weighted by Gasteiger charge is 2.37. The molecule has 0 bridgehead atoms. The number of rotatable bonds is 5. The molecule has 0 saturated carbocycles. The smallest absolute Gasteiger partial charge is 0.326 e. The van der Waals surface area contributed by atoms with Crippen molar-refractivity contribution in [2.75, 3.05) is 16.8 Å². The van der Waals surface area contributed by atoms with Gasteiger partial charge in [-0.2, -0.15) is 18.2 Å². The molecule has 1 aliphatic rings. The van der Waals surface area contributed by atoms with Gasteiger partial charge in [-0.3, -0.25) is 4.79 Å². The number of anilines is 1. The largest absolute Gasteiger partial charge is 0.453 e. The van der Waals surface area contributed by atoms with Crippen LogP contribution in [-0.4, -0.2) is 37.0 Å². The standard InChI is InChI=1S/C20H20F3N5OS2/c1-11-15(12(2)28-19(24-11)26-18(27-28)20(21,22)23)6-7-16(29)25-14-5-3-4-13(10-14)17-30-8-9-31-17/h3-5,10,17H,6-9H2,1-2H3,(H,25,29). The van der Waals surface area contributed by atoms with E-state index in [1.807, 2.05) is 41.7 Å². The normalized spacial score (nSPS) is 15.0. The molecule has 3 aromatic rings. The fourth-order valence-electron chi connectivity index (χ4n) is 3.47. The zero-order chi connectivity index (χ0) is 22.2. The first-order chi connectivity index (χ1) is 14.7. The summed E-state index contributed by atoms with van der Waals surface area (Å²) in [4.78, 5) is 20.1. The number of alkyl halides is 3. The molecule has 4 rings (SSSR count). The number of carbonyl (C=O) groups excluding carboxylic acids is 1. The summed E-state index contributed by atoms with van der Waals surface area (Å²) in [5, 5.41) is 6.46. The van der Waals surface area contributed by atoms with Gasteiger partial charge in [0.2, 0.25) is 5.91 Å². The van der Waals surface area contributed by atoms with Crippen LogP contribution < -0.4 is 5.32 Å². The summed E-state index contributed by atoms with van der Waals surface area (Å²) >= 11 is 3.79. The number of fused-ring (bicyclic) bond motifs is 1. The minimum atomic E-state index is -4.64. The zero-order valence-corrected chi connectivity index (χ0v) is 18.5. The number of carbonyl (C=O) groups is 1. The number of thioether (sulfide) groups is 2. The van der Waals surface area contributed by atoms with E-state index in [4.69, 9.17) is 0 Å². The number of aryl methyl sites for hydroxylation is 2. The van der Waals surface area contributed by atoms with Crippen LogP contribution in [0.15, 0.2) is 24.3 Å². The lowest BCUT2D eigenvalue weighted by Gasteiger charge is -2.12. The minimum absolute atomic E-state index is 0.102. The molecular formula is C20H20F3N5OS2. The predicted octanol–water partition coefficient (Wildman–Crippen LogP) is 4.81. The quantitative estimate of drug-likeness (QED) is 0.581. The number of aromatic nitrogens is 4. The molecule has 1 aromatic carbocycles. The van der Waals surface area contributed by atoms with Crippen LogP contribution in [0.5, 0.6) is 0 Å². The monoisotopic (exact) mass is 467 g/mol. The maximum Gasteiger partial charge on any atom is 0.453 e. The average molecular weight is 468 g/mol. The van der Waals surface area contributed by atoms with Gasteiger partial charge in [0.15, 0.2) is 0 Å². The van der Waals surface area contributed by atoms with Gasteiger partial charge in [-0.05, 0) is 43.5 Å². The summed E-state index contributed by atoms with van der Waals surface area (Å²) in [6, 6.07) is 7.84. The van der Waals surface area contributed by atoms with E-state index in [0.29, 0.717) is 28.0 Å². The topological polar surface area (TPSA) is 72.2 Å². The molecule has 1 N–H and O–H groups in total. The van der Waals surface area contributed by atoms with Crippen LogP contribution in [0.25, 0.3) is 5.78 Å². The lowest BCUT2D eigenvalue weighted by atomic mass is 10.1. The van der Waals surface area contributed by atoms with Gasteiger partial charge in [-0.25, -0.2) is 9.50 Å². The first kappa shape index (κ1) is 21.9. The third-order valence-electron chi connectivity index (χ3n) is 4.97. The molecule has 0 aliphatic carbocycles. The fraction of sp³-hybridized carbons (Fsp3) is 0.400. The van der Waals surface area contributed by atoms with Crippen LogP contribution >= 0.6 is 23.5 Å². The van der Waals surface area contributed by atoms with Gasteiger partial charge in [0.25, 0.3) is 11.6 Å². The van der Waals surface area contributed by atoms with E-state index in [-0.39, 0.29) is 18.1 Å². The van der Waals surface area contributed by atoms with Gasteiger partial charge in [0, 0.05) is 35.0 Å². The Kier molecular flexibility index (Phi) is 6.16. The van der Waals surface area contributed by atoms with Gasteiger partial charge < -0.3 is 5.32 Å². The van der Waals surface area contributed by atoms with Crippen molar-refractivity contribution in [3.8, 4) is 0 Å². The molecule has 0 spiro atoms. The molecule has 3 heterocycles. The van der Waals surface area contributed by atoms with Gasteiger partial charge in [-0.1, -0.05) is 12.1 Å². The summed E-state index contributed by atoms with van der Waals surface area (Å²) in [6.45, 7) is 3.35. The molecule has 2 aromatic heterocycles. The van der Waals surface area contributed by atoms with Gasteiger partial charge >= 0.3 is 6.18 Å². The van der Waals surface area contributed by atoms with Gasteiger partial charge in [0.1, 0.15) is 0 Å². The van der Waals surface area contributed by atoms with Crippen molar-refractivity contribution in [2.45, 2.75) is 37.4 Å². The number of hydrogen-bond donors (Lipinski definition) is 1. The van der Waals surface area contributed by atoms with Crippen LogP contribution in [-0.2, 0) is 17.4 Å². The summed E-state index contributed by atoms with van der Waals surface area (Å²) < 4.78 is 40.3. The molecule has 6 nitrogen and oxygen atoms in total. The third kappa shape index (κ3) is 4.82. The van der Waals surface area contributed by atoms with Crippen LogP contribution in [0.3, 0.4) is 0 Å². The average Bonchev–Trinajstić information content (AvgIpc) is 3.38. The predicted molar refractivity (Wildman–Crippen MR) is 116 cm³/mol. The zero-order valence-electron chi connectivity index (χ0n) is 16.9. The van der Waals surface area contributed by atoms with E-state index in [9.17, 15) is 18.0 Å². The summed E-state index contributed by atoms with van der Waals surface area (Å²) in [7, 11) is 0. The van der Waals surface area contributed by atoms with Crippen LogP contribution in [0.1, 0.15) is 39.3 Å². The molecule has 0 radical (unpaired) electrons. The first-order valence-corrected chi connectivity index (χ1v) is 11.7. The fourth-order valence-corrected chi connectivity index (χ4v) is 6.30. The molecule has 31 heavy (non-hydrogen) atoms. The second-order valence-electron chi connectivity index (χ2n) is 7.15. The molecule has 1 fully saturated rings. The van der Waals surface area contributed by atoms with Crippen LogP contribution in [0, 0.1) is 13.8 Å². The van der Waals surface area contributed by atoms with E-state index >= 15 is 0 Å². The number of halogens is 3. The SMILES string of the molecule is Cc1nc2nc(C(F)(F)F)nn2c(C)c1CCC(=O)Nc1cccc(C2SCCS2)c1. The summed E-state index contributed by atoms with van der Waals surface area (Å²) in [6.07, 6.45) is -4.13. The van der Waals surface area contributed by atoms with E-state index in [1.165, 1.54) is 5.56 Å². The van der Waals surface area contributed by atoms with Gasteiger partial charge in [-0.15, -0.1) is 28.6 Å². The highest BCUT2D eigenvalue weighted by molar-refractivity contribution is 8.19. The molecule has 1 aliphatic heterocycles. The van der Waals surface area contributed by atoms with Crippen molar-refractivity contribution in [1.29, 1.82) is 0 Å². The number of nitrogens with one attached hydrogen (secondary N) is 1. The van der Waals surface area contributed by atoms with E-state index in [0.717, 1.165) is 21.7 Å². The van der Waals surface area contributed by atoms with Crippen molar-refractivity contribution in [1.82, 2.24) is 19.6 Å². The van der Waals surface area contributed by atoms with Gasteiger partial charge in [0.05, 0.1) is 4.58 Å². The molecule has 0 unspecified atom stereocenters. The third-order valence-corrected chi connectivity index (χ3v) is 8.07. The van der Waals surface area contributed by atoms with E-state index in [1.54, 1.807) is 13.8 Å². The Morgan fingerprint density at radius 3 is 2.68 bits per heavy atom. The van der Waals surface area contributed by atoms with Crippen molar-refractivity contribution in [2.24, 2.45) is 0 Å². The van der Waals surface area contributed by atoms with Crippen LogP contribution in [0.2, 0.25) is 0 Å². The lowest BCUT2D eigenvalue weighted by molar-refractivity contribution is -0.144. The highest BCUT2D eigenvalue weighted by Crippen LogP contribution is 2.45. The second-order valence-corrected chi connectivity index (χ2v) is 9.88. The number of nitrogens with zero attached hydrogens (tertiary/aromatic N) is 4. The maximum absolute atomic E-state index is 12.9. The minimum Gasteiger partial charge on any atom is -0.326 e. The second kappa shape index (κ2) is 8.70. The Hall–Kier alpha value is -2.27. The molecular weight excluding hydrogens is 447 g/mol. The molecule has 11 heteroatoms. The Balaban J connectivity index is 1.46. The van der Waals surface area contributed by atoms with E-state index in [2.05, 4.69) is 26.4 Å². The Bertz CT molecular complexity index is 1130. The highest BCUT2D eigenvalue weighted by atomic mass is 32.2. The maximum atomic E-state index is 12.9. The first-order valence-electron chi connectivity index (χ1n) is 9.65. The van der Waals surface area contributed by atoms with E-state index < -0.39 is 12.0 Å². The number of benzene rings is 1. The molecule has 1 saturated heterocycles. The Morgan fingerprint density at radius 2 is 1.97 bits per heavy atom. The van der Waals surface area contributed by atoms with Crippen molar-refractivity contribution in [3.05, 3.63) is 52.6 Å². The molecule has 0 atom stereocenters. The number of amides is 1. The number of hydrogen-bond acceptors (Lipinski definition) is 6. The van der Waals surface area contributed by atoms with Crippen molar-refractivity contribution in [3.63, 3.8) is 0 Å². The van der Waals surface area contributed by atoms with Crippen molar-refractivity contribution >= 4 is 40.9 Å².